The van der Waals surface area contributed by atoms with Gasteiger partial charge in [-0.25, -0.2) is 0 Å². The first-order valence-electron chi connectivity index (χ1n) is 7.27. The van der Waals surface area contributed by atoms with Crippen molar-refractivity contribution in [2.45, 2.75) is 0 Å². The molecule has 0 unspecified atom stereocenters. The number of benzene rings is 2. The number of hydrogen-bond acceptors (Lipinski definition) is 8. The smallest absolute Gasteiger partial charge is 0.292 e. The van der Waals surface area contributed by atoms with Crippen LogP contribution in [0.2, 0.25) is 0 Å². The average Bonchev–Trinajstić information content (AvgIpc) is 2.68. The van der Waals surface area contributed by atoms with Crippen molar-refractivity contribution in [3.63, 3.8) is 0 Å². The van der Waals surface area contributed by atoms with Crippen molar-refractivity contribution < 1.29 is 28.4 Å². The molecule has 2 rings (SSSR count). The van der Waals surface area contributed by atoms with Gasteiger partial charge in [0.1, 0.15) is 0 Å². The van der Waals surface area contributed by atoms with Crippen LogP contribution in [-0.4, -0.2) is 28.4 Å². The van der Waals surface area contributed by atoms with Gasteiger partial charge in [-0.1, -0.05) is 0 Å². The molecule has 0 amide bonds. The highest BCUT2D eigenvalue weighted by molar-refractivity contribution is 5.75. The Morgan fingerprint density at radius 3 is 1.04 bits per heavy atom. The fraction of sp³-hybridized carbons (Fsp3) is 0.222. The molecule has 8 heteroatoms. The maximum absolute atomic E-state index is 8.81. The van der Waals surface area contributed by atoms with Gasteiger partial charge in [-0.3, -0.25) is 0 Å². The van der Waals surface area contributed by atoms with Crippen LogP contribution in [0.3, 0.4) is 0 Å². The summed E-state index contributed by atoms with van der Waals surface area (Å²) in [5.74, 6) is 1.61. The van der Waals surface area contributed by atoms with E-state index in [1.54, 1.807) is 36.8 Å². The highest BCUT2D eigenvalue weighted by Crippen LogP contribution is 2.45. The molecule has 0 aliphatic carbocycles. The van der Waals surface area contributed by atoms with E-state index < -0.39 is 0 Å². The first-order chi connectivity index (χ1) is 12.6. The number of hydrogen-bond donors (Lipinski definition) is 0. The number of methoxy groups -OCH3 is 4. The first kappa shape index (κ1) is 18.6. The van der Waals surface area contributed by atoms with E-state index >= 15 is 0 Å². The SMILES string of the molecule is COc1cc(-c2cc(OC)c(OC#N)c(OC)c2)cc(OC)c1OC#N. The summed E-state index contributed by atoms with van der Waals surface area (Å²) < 4.78 is 31.0. The van der Waals surface area contributed by atoms with Gasteiger partial charge >= 0.3 is 0 Å². The van der Waals surface area contributed by atoms with Gasteiger partial charge in [-0.2, -0.15) is 0 Å². The van der Waals surface area contributed by atoms with Gasteiger partial charge in [0.2, 0.25) is 11.5 Å². The van der Waals surface area contributed by atoms with Gasteiger partial charge in [-0.05, 0) is 35.4 Å². The largest absolute Gasteiger partial charge is 0.493 e. The summed E-state index contributed by atoms with van der Waals surface area (Å²) in [5.41, 5.74) is 1.37. The fourth-order valence-corrected chi connectivity index (χ4v) is 2.39. The van der Waals surface area contributed by atoms with Gasteiger partial charge in [0, 0.05) is 0 Å². The van der Waals surface area contributed by atoms with Crippen LogP contribution in [0.5, 0.6) is 34.5 Å². The van der Waals surface area contributed by atoms with E-state index in [2.05, 4.69) is 0 Å². The second-order valence-corrected chi connectivity index (χ2v) is 4.81. The van der Waals surface area contributed by atoms with Gasteiger partial charge in [0.25, 0.3) is 12.5 Å². The van der Waals surface area contributed by atoms with Crippen LogP contribution < -0.4 is 28.4 Å². The summed E-state index contributed by atoms with van der Waals surface area (Å²) in [5, 5.41) is 17.6. The van der Waals surface area contributed by atoms with E-state index in [9.17, 15) is 0 Å². The molecule has 0 bridgehead atoms. The Kier molecular flexibility index (Phi) is 5.96. The third-order valence-corrected chi connectivity index (χ3v) is 3.55. The molecule has 0 aliphatic heterocycles. The molecule has 0 saturated heterocycles. The molecular formula is C18H16N2O6. The molecule has 2 aromatic carbocycles. The summed E-state index contributed by atoms with van der Waals surface area (Å²) in [6.07, 6.45) is 3.21. The second-order valence-electron chi connectivity index (χ2n) is 4.81. The zero-order valence-electron chi connectivity index (χ0n) is 14.7. The number of nitriles is 2. The third-order valence-electron chi connectivity index (χ3n) is 3.55. The van der Waals surface area contributed by atoms with Crippen LogP contribution in [0.4, 0.5) is 0 Å². The summed E-state index contributed by atoms with van der Waals surface area (Å²) in [6, 6.07) is 6.70. The minimum atomic E-state index is 0.171. The average molecular weight is 356 g/mol. The molecule has 2 aromatic rings. The van der Waals surface area contributed by atoms with E-state index in [0.717, 1.165) is 0 Å². The Labute approximate surface area is 150 Å². The van der Waals surface area contributed by atoms with Gasteiger partial charge in [-0.15, -0.1) is 10.5 Å². The molecule has 8 nitrogen and oxygen atoms in total. The lowest BCUT2D eigenvalue weighted by Crippen LogP contribution is -1.97. The van der Waals surface area contributed by atoms with E-state index in [4.69, 9.17) is 38.9 Å². The maximum atomic E-state index is 8.81. The Hall–Kier alpha value is -3.78. The Bertz CT molecular complexity index is 759. The number of ether oxygens (including phenoxy) is 6. The van der Waals surface area contributed by atoms with Crippen molar-refractivity contribution in [3.05, 3.63) is 24.3 Å². The van der Waals surface area contributed by atoms with Crippen LogP contribution in [0, 0.1) is 23.0 Å². The van der Waals surface area contributed by atoms with E-state index in [1.165, 1.54) is 28.4 Å². The third kappa shape index (κ3) is 3.50. The zero-order valence-corrected chi connectivity index (χ0v) is 14.7. The van der Waals surface area contributed by atoms with Gasteiger partial charge < -0.3 is 28.4 Å². The molecule has 0 aliphatic rings. The first-order valence-corrected chi connectivity index (χ1v) is 7.27. The van der Waals surface area contributed by atoms with Crippen molar-refractivity contribution in [1.29, 1.82) is 10.5 Å². The number of rotatable bonds is 7. The summed E-state index contributed by atoms with van der Waals surface area (Å²) in [7, 11) is 5.81. The van der Waals surface area contributed by atoms with E-state index in [0.29, 0.717) is 34.1 Å². The standard InChI is InChI=1S/C18H16N2O6/c1-21-13-5-11(6-14(22-2)17(13)25-9-19)12-7-15(23-3)18(26-10-20)16(8-12)24-4/h5-8H,1-4H3. The molecule has 0 heterocycles. The minimum absolute atomic E-state index is 0.171. The molecule has 0 radical (unpaired) electrons. The van der Waals surface area contributed by atoms with Crippen molar-refractivity contribution >= 4 is 0 Å². The highest BCUT2D eigenvalue weighted by Gasteiger charge is 2.19. The monoisotopic (exact) mass is 356 g/mol. The predicted molar refractivity (Wildman–Crippen MR) is 90.6 cm³/mol. The summed E-state index contributed by atoms with van der Waals surface area (Å²) in [4.78, 5) is 0. The van der Waals surface area contributed by atoms with Crippen LogP contribution in [0.25, 0.3) is 11.1 Å². The molecule has 0 atom stereocenters. The molecule has 0 saturated carbocycles. The lowest BCUT2D eigenvalue weighted by molar-refractivity contribution is 0.351. The molecule has 0 fully saturated rings. The number of nitrogens with zero attached hydrogens (tertiary/aromatic N) is 2. The quantitative estimate of drug-likeness (QED) is 0.697. The van der Waals surface area contributed by atoms with Gasteiger partial charge in [0.15, 0.2) is 23.0 Å². The van der Waals surface area contributed by atoms with Crippen molar-refractivity contribution in [2.75, 3.05) is 28.4 Å². The topological polar surface area (TPSA) is 103 Å². The Morgan fingerprint density at radius 2 is 0.846 bits per heavy atom. The molecule has 26 heavy (non-hydrogen) atoms. The summed E-state index contributed by atoms with van der Waals surface area (Å²) >= 11 is 0. The van der Waals surface area contributed by atoms with Crippen molar-refractivity contribution in [2.24, 2.45) is 0 Å². The van der Waals surface area contributed by atoms with Crippen molar-refractivity contribution in [1.82, 2.24) is 0 Å². The van der Waals surface area contributed by atoms with Gasteiger partial charge in [0.05, 0.1) is 28.4 Å². The predicted octanol–water partition coefficient (Wildman–Crippen LogP) is 3.11. The van der Waals surface area contributed by atoms with Crippen LogP contribution in [0.15, 0.2) is 24.3 Å². The Balaban J connectivity index is 2.68. The highest BCUT2D eigenvalue weighted by atomic mass is 16.5. The fourth-order valence-electron chi connectivity index (χ4n) is 2.39. The molecule has 0 aromatic heterocycles. The molecular weight excluding hydrogens is 340 g/mol. The lowest BCUT2D eigenvalue weighted by atomic mass is 10.0. The maximum Gasteiger partial charge on any atom is 0.292 e. The van der Waals surface area contributed by atoms with Crippen LogP contribution in [0.1, 0.15) is 0 Å². The van der Waals surface area contributed by atoms with E-state index in [1.807, 2.05) is 0 Å². The minimum Gasteiger partial charge on any atom is -0.493 e. The Morgan fingerprint density at radius 1 is 0.577 bits per heavy atom. The molecule has 0 N–H and O–H groups in total. The molecule has 134 valence electrons. The lowest BCUT2D eigenvalue weighted by Gasteiger charge is -2.15. The van der Waals surface area contributed by atoms with Crippen molar-refractivity contribution in [3.8, 4) is 58.1 Å². The van der Waals surface area contributed by atoms with Crippen LogP contribution in [-0.2, 0) is 0 Å². The normalized spacial score (nSPS) is 9.46. The van der Waals surface area contributed by atoms with Crippen LogP contribution >= 0.6 is 0 Å². The van der Waals surface area contributed by atoms with E-state index in [-0.39, 0.29) is 11.5 Å². The second kappa shape index (κ2) is 8.36. The zero-order chi connectivity index (χ0) is 19.1. The molecule has 0 spiro atoms. The summed E-state index contributed by atoms with van der Waals surface area (Å²) in [6.45, 7) is 0.